The van der Waals surface area contributed by atoms with Gasteiger partial charge in [-0.15, -0.1) is 0 Å². The van der Waals surface area contributed by atoms with Crippen molar-refractivity contribution in [2.24, 2.45) is 5.73 Å². The average Bonchev–Trinajstić information content (AvgIpc) is 2.79. The molecule has 1 saturated heterocycles. The second-order valence-electron chi connectivity index (χ2n) is 4.83. The number of rotatable bonds is 7. The van der Waals surface area contributed by atoms with Crippen LogP contribution in [0.4, 0.5) is 4.79 Å². The molecule has 0 saturated carbocycles. The van der Waals surface area contributed by atoms with Crippen molar-refractivity contribution in [3.63, 3.8) is 0 Å². The molecule has 0 aliphatic carbocycles. The first kappa shape index (κ1) is 16.7. The van der Waals surface area contributed by atoms with Gasteiger partial charge < -0.3 is 10.5 Å². The van der Waals surface area contributed by atoms with E-state index in [0.29, 0.717) is 24.7 Å². The third-order valence-corrected chi connectivity index (χ3v) is 4.19. The maximum Gasteiger partial charge on any atom is 0.293 e. The van der Waals surface area contributed by atoms with E-state index in [1.54, 1.807) is 6.08 Å². The Kier molecular flexibility index (Phi) is 6.18. The predicted molar refractivity (Wildman–Crippen MR) is 88.4 cm³/mol. The molecule has 1 aromatic rings. The van der Waals surface area contributed by atoms with Gasteiger partial charge in [0.15, 0.2) is 0 Å². The summed E-state index contributed by atoms with van der Waals surface area (Å²) >= 11 is 0.969. The summed E-state index contributed by atoms with van der Waals surface area (Å²) in [6.45, 7) is 3.52. The molecule has 1 fully saturated rings. The fraction of sp³-hybridized carbons (Fsp3) is 0.375. The lowest BCUT2D eigenvalue weighted by Gasteiger charge is -2.11. The van der Waals surface area contributed by atoms with Gasteiger partial charge in [-0.3, -0.25) is 14.5 Å². The molecule has 1 aliphatic rings. The molecule has 0 atom stereocenters. The number of hydrogen-bond donors (Lipinski definition) is 1. The number of amides is 2. The molecule has 118 valence electrons. The van der Waals surface area contributed by atoms with E-state index in [9.17, 15) is 9.59 Å². The van der Waals surface area contributed by atoms with E-state index >= 15 is 0 Å². The third-order valence-electron chi connectivity index (χ3n) is 3.28. The van der Waals surface area contributed by atoms with Gasteiger partial charge in [-0.2, -0.15) is 0 Å². The lowest BCUT2D eigenvalue weighted by atomic mass is 10.1. The molecule has 0 spiro atoms. The third kappa shape index (κ3) is 4.19. The van der Waals surface area contributed by atoms with E-state index in [1.165, 1.54) is 10.5 Å². The summed E-state index contributed by atoms with van der Waals surface area (Å²) in [7, 11) is 0. The first-order chi connectivity index (χ1) is 10.7. The monoisotopic (exact) mass is 320 g/mol. The number of nitrogens with two attached hydrogens (primary N) is 1. The van der Waals surface area contributed by atoms with Crippen LogP contribution in [-0.4, -0.2) is 42.3 Å². The van der Waals surface area contributed by atoms with Crippen LogP contribution in [0, 0.1) is 0 Å². The van der Waals surface area contributed by atoms with Gasteiger partial charge >= 0.3 is 0 Å². The van der Waals surface area contributed by atoms with Crippen LogP contribution in [0.5, 0.6) is 0 Å². The molecule has 2 rings (SSSR count). The summed E-state index contributed by atoms with van der Waals surface area (Å²) in [4.78, 5) is 25.8. The highest BCUT2D eigenvalue weighted by atomic mass is 32.2. The first-order valence-electron chi connectivity index (χ1n) is 7.27. The fourth-order valence-corrected chi connectivity index (χ4v) is 2.90. The number of aryl methyl sites for hydroxylation is 1. The van der Waals surface area contributed by atoms with Gasteiger partial charge in [-0.1, -0.05) is 31.2 Å². The molecule has 0 bridgehead atoms. The van der Waals surface area contributed by atoms with Gasteiger partial charge in [-0.25, -0.2) is 0 Å². The Labute approximate surface area is 134 Å². The topological polar surface area (TPSA) is 72.6 Å². The van der Waals surface area contributed by atoms with Crippen molar-refractivity contribution in [2.45, 2.75) is 13.3 Å². The molecule has 1 heterocycles. The molecule has 2 N–H and O–H groups in total. The van der Waals surface area contributed by atoms with Gasteiger partial charge in [0.05, 0.1) is 24.7 Å². The van der Waals surface area contributed by atoms with Crippen LogP contribution < -0.4 is 5.73 Å². The number of carbonyl (C=O) groups excluding carboxylic acids is 2. The fourth-order valence-electron chi connectivity index (χ4n) is 2.03. The predicted octanol–water partition coefficient (Wildman–Crippen LogP) is 2.26. The van der Waals surface area contributed by atoms with E-state index in [0.717, 1.165) is 23.7 Å². The van der Waals surface area contributed by atoms with Gasteiger partial charge in [-0.05, 0) is 35.4 Å². The van der Waals surface area contributed by atoms with Crippen molar-refractivity contribution in [1.82, 2.24) is 4.90 Å². The van der Waals surface area contributed by atoms with Gasteiger partial charge in [0.1, 0.15) is 0 Å². The number of benzene rings is 1. The van der Waals surface area contributed by atoms with Crippen molar-refractivity contribution < 1.29 is 14.3 Å². The normalized spacial score (nSPS) is 16.8. The van der Waals surface area contributed by atoms with E-state index in [1.807, 2.05) is 24.3 Å². The summed E-state index contributed by atoms with van der Waals surface area (Å²) in [5, 5.41) is -0.252. The molecule has 6 heteroatoms. The van der Waals surface area contributed by atoms with Gasteiger partial charge in [0, 0.05) is 6.54 Å². The molecule has 2 amide bonds. The Morgan fingerprint density at radius 3 is 2.59 bits per heavy atom. The molecule has 22 heavy (non-hydrogen) atoms. The number of carbonyl (C=O) groups is 2. The quantitative estimate of drug-likeness (QED) is 0.616. The lowest BCUT2D eigenvalue weighted by molar-refractivity contribution is -0.123. The van der Waals surface area contributed by atoms with E-state index in [2.05, 4.69) is 6.92 Å². The van der Waals surface area contributed by atoms with E-state index in [4.69, 9.17) is 10.5 Å². The largest absolute Gasteiger partial charge is 0.378 e. The lowest BCUT2D eigenvalue weighted by Crippen LogP contribution is -2.32. The highest BCUT2D eigenvalue weighted by Crippen LogP contribution is 2.31. The molecular formula is C16H20N2O3S. The van der Waals surface area contributed by atoms with Crippen LogP contribution >= 0.6 is 11.8 Å². The number of hydrogen-bond acceptors (Lipinski definition) is 5. The van der Waals surface area contributed by atoms with E-state index in [-0.39, 0.29) is 17.7 Å². The molecule has 5 nitrogen and oxygen atoms in total. The molecule has 1 aliphatic heterocycles. The Balaban J connectivity index is 2.01. The average molecular weight is 320 g/mol. The molecule has 0 unspecified atom stereocenters. The molecule has 1 aromatic carbocycles. The minimum absolute atomic E-state index is 0.252. The maximum atomic E-state index is 12.2. The number of thioether (sulfide) groups is 1. The SMILES string of the molecule is CCc1ccc(C=C2SC(=O)N(CCOCCN)C2=O)cc1. The Bertz CT molecular complexity index is 569. The number of imide groups is 1. The molecule has 0 aromatic heterocycles. The van der Waals surface area contributed by atoms with E-state index < -0.39 is 0 Å². The molecule has 0 radical (unpaired) electrons. The van der Waals surface area contributed by atoms with Crippen LogP contribution in [0.1, 0.15) is 18.1 Å². The summed E-state index contributed by atoms with van der Waals surface area (Å²) in [6, 6.07) is 7.96. The summed E-state index contributed by atoms with van der Waals surface area (Å²) in [6.07, 6.45) is 2.73. The zero-order valence-corrected chi connectivity index (χ0v) is 13.4. The van der Waals surface area contributed by atoms with Crippen LogP contribution in [0.25, 0.3) is 6.08 Å². The maximum absolute atomic E-state index is 12.2. The number of ether oxygens (including phenoxy) is 1. The second kappa shape index (κ2) is 8.12. The highest BCUT2D eigenvalue weighted by Gasteiger charge is 2.34. The summed E-state index contributed by atoms with van der Waals surface area (Å²) in [5.74, 6) is -0.258. The Morgan fingerprint density at radius 1 is 1.23 bits per heavy atom. The summed E-state index contributed by atoms with van der Waals surface area (Å²) < 4.78 is 5.22. The van der Waals surface area contributed by atoms with Gasteiger partial charge in [0.25, 0.3) is 11.1 Å². The van der Waals surface area contributed by atoms with Crippen molar-refractivity contribution in [2.75, 3.05) is 26.3 Å². The zero-order chi connectivity index (χ0) is 15.9. The second-order valence-corrected chi connectivity index (χ2v) is 5.82. The number of nitrogens with zero attached hydrogens (tertiary/aromatic N) is 1. The van der Waals surface area contributed by atoms with Crippen molar-refractivity contribution in [3.05, 3.63) is 40.3 Å². The van der Waals surface area contributed by atoms with Crippen LogP contribution in [-0.2, 0) is 16.0 Å². The Hall–Kier alpha value is -1.63. The van der Waals surface area contributed by atoms with Crippen LogP contribution in [0.15, 0.2) is 29.2 Å². The first-order valence-corrected chi connectivity index (χ1v) is 8.09. The smallest absolute Gasteiger partial charge is 0.293 e. The highest BCUT2D eigenvalue weighted by molar-refractivity contribution is 8.18. The van der Waals surface area contributed by atoms with Crippen LogP contribution in [0.3, 0.4) is 0 Å². The molecular weight excluding hydrogens is 300 g/mol. The van der Waals surface area contributed by atoms with Crippen LogP contribution in [0.2, 0.25) is 0 Å². The summed E-state index contributed by atoms with van der Waals surface area (Å²) in [5.41, 5.74) is 7.48. The minimum Gasteiger partial charge on any atom is -0.378 e. The Morgan fingerprint density at radius 2 is 1.95 bits per heavy atom. The standard InChI is InChI=1S/C16H20N2O3S/c1-2-12-3-5-13(6-4-12)11-14-15(19)18(16(20)22-14)8-10-21-9-7-17/h3-6,11H,2,7-10,17H2,1H3. The van der Waals surface area contributed by atoms with Gasteiger partial charge in [0.2, 0.25) is 0 Å². The van der Waals surface area contributed by atoms with Crippen molar-refractivity contribution in [1.29, 1.82) is 0 Å². The zero-order valence-electron chi connectivity index (χ0n) is 12.6. The minimum atomic E-state index is -0.258. The van der Waals surface area contributed by atoms with Crippen molar-refractivity contribution in [3.8, 4) is 0 Å². The van der Waals surface area contributed by atoms with Crippen molar-refractivity contribution >= 4 is 29.0 Å².